The van der Waals surface area contributed by atoms with Crippen LogP contribution in [0.4, 0.5) is 0 Å². The van der Waals surface area contributed by atoms with Gasteiger partial charge in [-0.1, -0.05) is 13.8 Å². The number of hydrogen-bond acceptors (Lipinski definition) is 3. The Kier molecular flexibility index (Phi) is 3.53. The Morgan fingerprint density at radius 1 is 1.19 bits per heavy atom. The van der Waals surface area contributed by atoms with Gasteiger partial charge in [0.2, 0.25) is 0 Å². The topological polar surface area (TPSA) is 29.5 Å². The second-order valence-corrected chi connectivity index (χ2v) is 5.49. The van der Waals surface area contributed by atoms with Gasteiger partial charge in [0.1, 0.15) is 6.04 Å². The van der Waals surface area contributed by atoms with Gasteiger partial charge in [-0.15, -0.1) is 0 Å². The normalized spacial score (nSPS) is 40.2. The second-order valence-electron chi connectivity index (χ2n) is 5.49. The van der Waals surface area contributed by atoms with E-state index in [1.165, 1.54) is 26.4 Å². The van der Waals surface area contributed by atoms with Crippen LogP contribution >= 0.6 is 0 Å². The first kappa shape index (κ1) is 11.9. The maximum absolute atomic E-state index is 11.5. The Morgan fingerprint density at radius 2 is 1.94 bits per heavy atom. The minimum Gasteiger partial charge on any atom is -0.468 e. The van der Waals surface area contributed by atoms with E-state index < -0.39 is 0 Å². The third kappa shape index (κ3) is 2.10. The highest BCUT2D eigenvalue weighted by Crippen LogP contribution is 2.35. The molecule has 3 nitrogen and oxygen atoms in total. The summed E-state index contributed by atoms with van der Waals surface area (Å²) in [5.41, 5.74) is 0. The number of hydrogen-bond donors (Lipinski definition) is 0. The maximum Gasteiger partial charge on any atom is 0.323 e. The first-order valence-corrected chi connectivity index (χ1v) is 6.47. The van der Waals surface area contributed by atoms with Crippen molar-refractivity contribution < 1.29 is 9.53 Å². The Labute approximate surface area is 98.1 Å². The van der Waals surface area contributed by atoms with Crippen molar-refractivity contribution in [1.29, 1.82) is 0 Å². The van der Waals surface area contributed by atoms with Crippen LogP contribution in [0, 0.1) is 11.8 Å². The summed E-state index contributed by atoms with van der Waals surface area (Å²) < 4.78 is 4.84. The van der Waals surface area contributed by atoms with Crippen LogP contribution in [0.1, 0.15) is 39.5 Å². The van der Waals surface area contributed by atoms with E-state index in [1.807, 2.05) is 0 Å². The van der Waals surface area contributed by atoms with Crippen molar-refractivity contribution in [2.24, 2.45) is 11.8 Å². The zero-order chi connectivity index (χ0) is 11.7. The number of esters is 1. The van der Waals surface area contributed by atoms with Gasteiger partial charge < -0.3 is 4.74 Å². The molecule has 2 fully saturated rings. The largest absolute Gasteiger partial charge is 0.468 e. The number of carbonyl (C=O) groups excluding carboxylic acids is 1. The molecule has 1 saturated carbocycles. The molecule has 0 radical (unpaired) electrons. The average molecular weight is 225 g/mol. The van der Waals surface area contributed by atoms with Crippen molar-refractivity contribution in [3.8, 4) is 0 Å². The fraction of sp³-hybridized carbons (Fsp3) is 0.923. The van der Waals surface area contributed by atoms with Crippen molar-refractivity contribution in [2.75, 3.05) is 13.7 Å². The lowest BCUT2D eigenvalue weighted by Crippen LogP contribution is -2.58. The molecule has 92 valence electrons. The molecule has 1 saturated heterocycles. The van der Waals surface area contributed by atoms with Gasteiger partial charge in [-0.05, 0) is 37.5 Å². The molecule has 0 aromatic rings. The molecule has 1 heterocycles. The van der Waals surface area contributed by atoms with Gasteiger partial charge in [0, 0.05) is 12.6 Å². The van der Waals surface area contributed by atoms with Crippen LogP contribution in [0.3, 0.4) is 0 Å². The van der Waals surface area contributed by atoms with Gasteiger partial charge in [0.05, 0.1) is 7.11 Å². The lowest BCUT2D eigenvalue weighted by atomic mass is 9.77. The molecule has 2 rings (SSSR count). The molecule has 0 aromatic carbocycles. The van der Waals surface area contributed by atoms with Gasteiger partial charge in [0.15, 0.2) is 0 Å². The van der Waals surface area contributed by atoms with Gasteiger partial charge in [0.25, 0.3) is 0 Å². The average Bonchev–Trinajstić information content (AvgIpc) is 2.21. The quantitative estimate of drug-likeness (QED) is 0.674. The molecule has 4 unspecified atom stereocenters. The van der Waals surface area contributed by atoms with E-state index in [0.29, 0.717) is 6.04 Å². The number of ether oxygens (including phenoxy) is 1. The van der Waals surface area contributed by atoms with E-state index >= 15 is 0 Å². The molecule has 16 heavy (non-hydrogen) atoms. The molecular formula is C13H23NO2. The standard InChI is InChI=1S/C13H23NO2/c1-9-4-5-11(8-10(9)2)14-7-6-12(14)13(15)16-3/h9-12H,4-8H2,1-3H3. The smallest absolute Gasteiger partial charge is 0.323 e. The van der Waals surface area contributed by atoms with Crippen LogP contribution in [0.2, 0.25) is 0 Å². The first-order chi connectivity index (χ1) is 7.63. The highest BCUT2D eigenvalue weighted by molar-refractivity contribution is 5.76. The van der Waals surface area contributed by atoms with Crippen molar-refractivity contribution in [3.05, 3.63) is 0 Å². The minimum absolute atomic E-state index is 0.0440. The summed E-state index contributed by atoms with van der Waals surface area (Å²) in [7, 11) is 1.49. The van der Waals surface area contributed by atoms with Crippen LogP contribution in [0.15, 0.2) is 0 Å². The summed E-state index contributed by atoms with van der Waals surface area (Å²) in [5.74, 6) is 1.59. The monoisotopic (exact) mass is 225 g/mol. The highest BCUT2D eigenvalue weighted by atomic mass is 16.5. The zero-order valence-electron chi connectivity index (χ0n) is 10.6. The van der Waals surface area contributed by atoms with Crippen LogP contribution in [0.25, 0.3) is 0 Å². The van der Waals surface area contributed by atoms with Crippen LogP contribution in [-0.2, 0) is 9.53 Å². The number of likely N-dealkylation sites (tertiary alicyclic amines) is 1. The molecule has 0 bridgehead atoms. The van der Waals surface area contributed by atoms with Gasteiger partial charge in [-0.3, -0.25) is 9.69 Å². The van der Waals surface area contributed by atoms with Crippen LogP contribution in [-0.4, -0.2) is 36.6 Å². The van der Waals surface area contributed by atoms with Crippen molar-refractivity contribution >= 4 is 5.97 Å². The molecule has 2 aliphatic rings. The lowest BCUT2D eigenvalue weighted by molar-refractivity contribution is -0.155. The van der Waals surface area contributed by atoms with Crippen LogP contribution in [0.5, 0.6) is 0 Å². The first-order valence-electron chi connectivity index (χ1n) is 6.47. The summed E-state index contributed by atoms with van der Waals surface area (Å²) in [6.45, 7) is 5.75. The van der Waals surface area contributed by atoms with Gasteiger partial charge >= 0.3 is 5.97 Å². The second kappa shape index (κ2) is 4.74. The fourth-order valence-electron chi connectivity index (χ4n) is 3.05. The molecule has 0 N–H and O–H groups in total. The molecule has 3 heteroatoms. The van der Waals surface area contributed by atoms with E-state index in [9.17, 15) is 4.79 Å². The van der Waals surface area contributed by atoms with Crippen molar-refractivity contribution in [1.82, 2.24) is 4.90 Å². The zero-order valence-corrected chi connectivity index (χ0v) is 10.6. The fourth-order valence-corrected chi connectivity index (χ4v) is 3.05. The molecule has 0 amide bonds. The molecule has 4 atom stereocenters. The highest BCUT2D eigenvalue weighted by Gasteiger charge is 2.41. The summed E-state index contributed by atoms with van der Waals surface area (Å²) in [5, 5.41) is 0. The van der Waals surface area contributed by atoms with E-state index in [4.69, 9.17) is 4.74 Å². The Bertz CT molecular complexity index is 267. The van der Waals surface area contributed by atoms with Crippen molar-refractivity contribution in [3.63, 3.8) is 0 Å². The van der Waals surface area contributed by atoms with Gasteiger partial charge in [-0.25, -0.2) is 0 Å². The molecule has 1 aliphatic carbocycles. The molecule has 1 aliphatic heterocycles. The third-order valence-electron chi connectivity index (χ3n) is 4.57. The summed E-state index contributed by atoms with van der Waals surface area (Å²) >= 11 is 0. The van der Waals surface area contributed by atoms with E-state index in [2.05, 4.69) is 18.7 Å². The Morgan fingerprint density at radius 3 is 2.44 bits per heavy atom. The number of carbonyl (C=O) groups is 1. The van der Waals surface area contributed by atoms with E-state index in [-0.39, 0.29) is 12.0 Å². The lowest BCUT2D eigenvalue weighted by Gasteiger charge is -2.47. The number of rotatable bonds is 2. The SMILES string of the molecule is COC(=O)C1CCN1C1CCC(C)C(C)C1. The Balaban J connectivity index is 1.91. The molecule has 0 spiro atoms. The van der Waals surface area contributed by atoms with E-state index in [0.717, 1.165) is 24.8 Å². The van der Waals surface area contributed by atoms with E-state index in [1.54, 1.807) is 0 Å². The van der Waals surface area contributed by atoms with Gasteiger partial charge in [-0.2, -0.15) is 0 Å². The predicted octanol–water partition coefficient (Wildman–Crippen LogP) is 2.06. The third-order valence-corrected chi connectivity index (χ3v) is 4.57. The number of nitrogens with zero attached hydrogens (tertiary/aromatic N) is 1. The summed E-state index contributed by atoms with van der Waals surface area (Å²) in [6.07, 6.45) is 4.77. The minimum atomic E-state index is -0.0440. The number of methoxy groups -OCH3 is 1. The summed E-state index contributed by atoms with van der Waals surface area (Å²) in [4.78, 5) is 13.9. The maximum atomic E-state index is 11.5. The molecule has 0 aromatic heterocycles. The van der Waals surface area contributed by atoms with Crippen molar-refractivity contribution in [2.45, 2.75) is 51.6 Å². The Hall–Kier alpha value is -0.570. The molecular weight excluding hydrogens is 202 g/mol. The predicted molar refractivity (Wildman–Crippen MR) is 63.1 cm³/mol. The van der Waals surface area contributed by atoms with Crippen LogP contribution < -0.4 is 0 Å². The summed E-state index contributed by atoms with van der Waals surface area (Å²) in [6, 6.07) is 0.666.